The average Bonchev–Trinajstić information content (AvgIpc) is 3.02. The zero-order valence-electron chi connectivity index (χ0n) is 15.1. The molecule has 5 nitrogen and oxygen atoms in total. The largest absolute Gasteiger partial charge is 0.325 e. The summed E-state index contributed by atoms with van der Waals surface area (Å²) in [5.74, 6) is 1.48. The normalized spacial score (nSPS) is 10.9. The quantitative estimate of drug-likeness (QED) is 0.656. The Hall–Kier alpha value is -2.60. The van der Waals surface area contributed by atoms with Gasteiger partial charge in [-0.25, -0.2) is 0 Å². The molecular formula is C20H22N4OS. The lowest BCUT2D eigenvalue weighted by atomic mass is 10.0. The van der Waals surface area contributed by atoms with Crippen molar-refractivity contribution in [2.24, 2.45) is 0 Å². The molecule has 0 aliphatic heterocycles. The smallest absolute Gasteiger partial charge is 0.234 e. The summed E-state index contributed by atoms with van der Waals surface area (Å²) in [6, 6.07) is 17.9. The number of rotatable bonds is 6. The van der Waals surface area contributed by atoms with E-state index in [9.17, 15) is 4.79 Å². The molecule has 1 aromatic heterocycles. The molecular weight excluding hydrogens is 344 g/mol. The van der Waals surface area contributed by atoms with Gasteiger partial charge in [0.25, 0.3) is 0 Å². The first kappa shape index (κ1) is 18.2. The molecule has 0 unspecified atom stereocenters. The molecule has 3 rings (SSSR count). The number of aromatic nitrogens is 3. The number of hydrogen-bond acceptors (Lipinski definition) is 4. The highest BCUT2D eigenvalue weighted by molar-refractivity contribution is 7.99. The molecule has 0 aliphatic carbocycles. The maximum Gasteiger partial charge on any atom is 0.234 e. The molecule has 3 aromatic rings. The van der Waals surface area contributed by atoms with E-state index in [1.54, 1.807) is 0 Å². The minimum absolute atomic E-state index is 0.0624. The molecule has 0 spiro atoms. The summed E-state index contributed by atoms with van der Waals surface area (Å²) in [5, 5.41) is 12.0. The zero-order valence-corrected chi connectivity index (χ0v) is 16.0. The Balaban J connectivity index is 1.63. The second-order valence-corrected chi connectivity index (χ2v) is 7.26. The monoisotopic (exact) mass is 366 g/mol. The van der Waals surface area contributed by atoms with Gasteiger partial charge >= 0.3 is 0 Å². The number of amides is 1. The zero-order chi connectivity index (χ0) is 18.5. The molecule has 1 N–H and O–H groups in total. The van der Waals surface area contributed by atoms with Crippen molar-refractivity contribution in [3.63, 3.8) is 0 Å². The standard InChI is InChI=1S/C20H22N4OS/c1-14(2)16-9-11-17(12-10-16)21-19(25)13-26-20-23-22-15(3)24(20)18-7-5-4-6-8-18/h4-12,14H,13H2,1-3H3,(H,21,25). The van der Waals surface area contributed by atoms with Crippen LogP contribution in [0.25, 0.3) is 5.69 Å². The van der Waals surface area contributed by atoms with Crippen LogP contribution >= 0.6 is 11.8 Å². The van der Waals surface area contributed by atoms with Crippen LogP contribution < -0.4 is 5.32 Å². The van der Waals surface area contributed by atoms with Gasteiger partial charge in [-0.3, -0.25) is 9.36 Å². The lowest BCUT2D eigenvalue weighted by Gasteiger charge is -2.09. The molecule has 26 heavy (non-hydrogen) atoms. The molecule has 0 saturated carbocycles. The van der Waals surface area contributed by atoms with Crippen molar-refractivity contribution in [3.05, 3.63) is 66.0 Å². The maximum absolute atomic E-state index is 12.3. The van der Waals surface area contributed by atoms with Crippen molar-refractivity contribution >= 4 is 23.4 Å². The number of thioether (sulfide) groups is 1. The minimum atomic E-state index is -0.0624. The fraction of sp³-hybridized carbons (Fsp3) is 0.250. The third-order valence-corrected chi connectivity index (χ3v) is 4.93. The lowest BCUT2D eigenvalue weighted by Crippen LogP contribution is -2.14. The summed E-state index contributed by atoms with van der Waals surface area (Å²) < 4.78 is 1.95. The van der Waals surface area contributed by atoms with Crippen LogP contribution in [0.2, 0.25) is 0 Å². The number of para-hydroxylation sites is 1. The summed E-state index contributed by atoms with van der Waals surface area (Å²) in [4.78, 5) is 12.3. The van der Waals surface area contributed by atoms with E-state index in [0.717, 1.165) is 17.2 Å². The van der Waals surface area contributed by atoms with E-state index in [1.807, 2.05) is 66.1 Å². The third kappa shape index (κ3) is 4.32. The summed E-state index contributed by atoms with van der Waals surface area (Å²) in [6.07, 6.45) is 0. The molecule has 0 aliphatic rings. The van der Waals surface area contributed by atoms with Crippen LogP contribution in [-0.4, -0.2) is 26.4 Å². The average molecular weight is 366 g/mol. The lowest BCUT2D eigenvalue weighted by molar-refractivity contribution is -0.113. The second kappa shape index (κ2) is 8.19. The highest BCUT2D eigenvalue weighted by Crippen LogP contribution is 2.22. The number of carbonyl (C=O) groups is 1. The van der Waals surface area contributed by atoms with Gasteiger partial charge in [0.2, 0.25) is 5.91 Å². The Morgan fingerprint density at radius 2 is 1.77 bits per heavy atom. The number of aryl methyl sites for hydroxylation is 1. The number of anilines is 1. The second-order valence-electron chi connectivity index (χ2n) is 6.31. The number of carbonyl (C=O) groups excluding carboxylic acids is 1. The van der Waals surface area contributed by atoms with E-state index in [0.29, 0.717) is 11.1 Å². The Kier molecular flexibility index (Phi) is 5.73. The van der Waals surface area contributed by atoms with Crippen LogP contribution in [0.1, 0.15) is 31.2 Å². The van der Waals surface area contributed by atoms with Gasteiger partial charge in [-0.15, -0.1) is 10.2 Å². The van der Waals surface area contributed by atoms with Crippen molar-refractivity contribution in [2.75, 3.05) is 11.1 Å². The van der Waals surface area contributed by atoms with Gasteiger partial charge in [-0.2, -0.15) is 0 Å². The van der Waals surface area contributed by atoms with Gasteiger partial charge in [0.15, 0.2) is 5.16 Å². The predicted molar refractivity (Wildman–Crippen MR) is 106 cm³/mol. The van der Waals surface area contributed by atoms with Gasteiger partial charge < -0.3 is 5.32 Å². The van der Waals surface area contributed by atoms with E-state index >= 15 is 0 Å². The van der Waals surface area contributed by atoms with Gasteiger partial charge in [-0.1, -0.05) is 55.9 Å². The number of nitrogens with one attached hydrogen (secondary N) is 1. The Morgan fingerprint density at radius 1 is 1.08 bits per heavy atom. The molecule has 6 heteroatoms. The van der Waals surface area contributed by atoms with Crippen LogP contribution in [0.5, 0.6) is 0 Å². The molecule has 1 heterocycles. The van der Waals surface area contributed by atoms with E-state index in [2.05, 4.69) is 29.4 Å². The van der Waals surface area contributed by atoms with Crippen LogP contribution in [0.4, 0.5) is 5.69 Å². The molecule has 0 atom stereocenters. The first-order valence-electron chi connectivity index (χ1n) is 8.54. The van der Waals surface area contributed by atoms with Crippen molar-refractivity contribution in [1.82, 2.24) is 14.8 Å². The van der Waals surface area contributed by atoms with Gasteiger partial charge in [-0.05, 0) is 42.7 Å². The molecule has 0 bridgehead atoms. The van der Waals surface area contributed by atoms with Crippen molar-refractivity contribution < 1.29 is 4.79 Å². The van der Waals surface area contributed by atoms with Crippen molar-refractivity contribution in [2.45, 2.75) is 31.8 Å². The fourth-order valence-corrected chi connectivity index (χ4v) is 3.39. The van der Waals surface area contributed by atoms with Gasteiger partial charge in [0, 0.05) is 11.4 Å². The highest BCUT2D eigenvalue weighted by atomic mass is 32.2. The van der Waals surface area contributed by atoms with Crippen LogP contribution in [0.15, 0.2) is 59.8 Å². The molecule has 0 radical (unpaired) electrons. The van der Waals surface area contributed by atoms with E-state index < -0.39 is 0 Å². The third-order valence-electron chi connectivity index (χ3n) is 4.00. The topological polar surface area (TPSA) is 59.8 Å². The SMILES string of the molecule is Cc1nnc(SCC(=O)Nc2ccc(C(C)C)cc2)n1-c1ccccc1. The highest BCUT2D eigenvalue weighted by Gasteiger charge is 2.13. The first-order chi connectivity index (χ1) is 12.5. The van der Waals surface area contributed by atoms with E-state index in [1.165, 1.54) is 17.3 Å². The Bertz CT molecular complexity index is 873. The predicted octanol–water partition coefficient (Wildman–Crippen LogP) is 4.43. The number of nitrogens with zero attached hydrogens (tertiary/aromatic N) is 3. The van der Waals surface area contributed by atoms with Gasteiger partial charge in [0.1, 0.15) is 5.82 Å². The Morgan fingerprint density at radius 3 is 2.42 bits per heavy atom. The summed E-state index contributed by atoms with van der Waals surface area (Å²) in [6.45, 7) is 6.20. The number of hydrogen-bond donors (Lipinski definition) is 1. The van der Waals surface area contributed by atoms with Crippen LogP contribution in [0, 0.1) is 6.92 Å². The van der Waals surface area contributed by atoms with Crippen molar-refractivity contribution in [3.8, 4) is 5.69 Å². The molecule has 1 amide bonds. The first-order valence-corrected chi connectivity index (χ1v) is 9.53. The summed E-state index contributed by atoms with van der Waals surface area (Å²) in [7, 11) is 0. The minimum Gasteiger partial charge on any atom is -0.325 e. The maximum atomic E-state index is 12.3. The summed E-state index contributed by atoms with van der Waals surface area (Å²) >= 11 is 1.38. The molecule has 0 fully saturated rings. The van der Waals surface area contributed by atoms with E-state index in [-0.39, 0.29) is 11.7 Å². The molecule has 0 saturated heterocycles. The fourth-order valence-electron chi connectivity index (χ4n) is 2.59. The van der Waals surface area contributed by atoms with Crippen LogP contribution in [-0.2, 0) is 4.79 Å². The summed E-state index contributed by atoms with van der Waals surface area (Å²) in [5.41, 5.74) is 3.05. The Labute approximate surface area is 157 Å². The molecule has 134 valence electrons. The van der Waals surface area contributed by atoms with Crippen LogP contribution in [0.3, 0.4) is 0 Å². The van der Waals surface area contributed by atoms with E-state index in [4.69, 9.17) is 0 Å². The molecule has 2 aromatic carbocycles. The van der Waals surface area contributed by atoms with Crippen molar-refractivity contribution in [1.29, 1.82) is 0 Å². The number of benzene rings is 2. The van der Waals surface area contributed by atoms with Gasteiger partial charge in [0.05, 0.1) is 5.75 Å².